The van der Waals surface area contributed by atoms with Crippen LogP contribution in [-0.2, 0) is 6.54 Å². The molecule has 0 unspecified atom stereocenters. The van der Waals surface area contributed by atoms with E-state index >= 15 is 0 Å². The van der Waals surface area contributed by atoms with Crippen LogP contribution in [0.5, 0.6) is 0 Å². The second-order valence-electron chi connectivity index (χ2n) is 5.04. The van der Waals surface area contributed by atoms with Crippen LogP contribution in [-0.4, -0.2) is 21.1 Å². The molecule has 18 heavy (non-hydrogen) atoms. The molecule has 0 aliphatic rings. The Morgan fingerprint density at radius 1 is 1.56 bits per heavy atom. The topological polar surface area (TPSA) is 42.2 Å². The van der Waals surface area contributed by atoms with Gasteiger partial charge in [-0.1, -0.05) is 18.7 Å². The molecule has 98 valence electrons. The van der Waals surface area contributed by atoms with Gasteiger partial charge in [0.2, 0.25) is 0 Å². The van der Waals surface area contributed by atoms with Gasteiger partial charge in [-0.3, -0.25) is 4.79 Å². The van der Waals surface area contributed by atoms with E-state index in [2.05, 4.69) is 6.58 Å². The Hall–Kier alpha value is -1.61. The molecule has 0 atom stereocenters. The van der Waals surface area contributed by atoms with Crippen LogP contribution in [0.1, 0.15) is 49.3 Å². The molecule has 1 N–H and O–H groups in total. The van der Waals surface area contributed by atoms with Crippen molar-refractivity contribution in [3.63, 3.8) is 0 Å². The number of aromatic nitrogens is 1. The number of allylic oxidation sites excluding steroid dienone is 1. The van der Waals surface area contributed by atoms with Crippen molar-refractivity contribution in [1.29, 1.82) is 0 Å². The van der Waals surface area contributed by atoms with Gasteiger partial charge in [0.05, 0.1) is 12.1 Å². The number of carbonyl (C=O) groups is 1. The summed E-state index contributed by atoms with van der Waals surface area (Å²) in [6.45, 7) is 11.1. The van der Waals surface area contributed by atoms with E-state index in [1.54, 1.807) is 33.0 Å². The van der Waals surface area contributed by atoms with Gasteiger partial charge in [0.15, 0.2) is 5.78 Å². The predicted octanol–water partition coefficient (Wildman–Crippen LogP) is 3.14. The minimum atomic E-state index is -0.835. The van der Waals surface area contributed by atoms with E-state index in [1.807, 2.05) is 23.6 Å². The standard InChI is InChI=1S/C15H21NO2/c1-6-8-12-13(11(3)17)9-16(14(12)7-2)10-15(4,5)18/h6-9,18H,2,10H2,1,3-5H3/b8-6-. The molecule has 0 saturated carbocycles. The van der Waals surface area contributed by atoms with Gasteiger partial charge in [0.25, 0.3) is 0 Å². The molecule has 1 aromatic heterocycles. The van der Waals surface area contributed by atoms with Crippen LogP contribution >= 0.6 is 0 Å². The third kappa shape index (κ3) is 3.20. The molecular weight excluding hydrogens is 226 g/mol. The number of Topliss-reactive ketones (excluding diaryl/α,β-unsaturated/α-hetero) is 1. The van der Waals surface area contributed by atoms with Crippen molar-refractivity contribution in [3.8, 4) is 0 Å². The van der Waals surface area contributed by atoms with Crippen LogP contribution in [0.2, 0.25) is 0 Å². The normalized spacial score (nSPS) is 12.1. The van der Waals surface area contributed by atoms with Gasteiger partial charge in [-0.05, 0) is 33.8 Å². The fraction of sp³-hybridized carbons (Fsp3) is 0.400. The SMILES string of the molecule is C=Cc1c(/C=C\C)c(C(C)=O)cn1CC(C)(C)O. The van der Waals surface area contributed by atoms with Crippen LogP contribution in [0.25, 0.3) is 12.2 Å². The van der Waals surface area contributed by atoms with E-state index in [9.17, 15) is 9.90 Å². The molecule has 0 saturated heterocycles. The summed E-state index contributed by atoms with van der Waals surface area (Å²) in [7, 11) is 0. The monoisotopic (exact) mass is 247 g/mol. The highest BCUT2D eigenvalue weighted by atomic mass is 16.3. The van der Waals surface area contributed by atoms with Crippen LogP contribution in [0.15, 0.2) is 18.9 Å². The maximum atomic E-state index is 11.6. The lowest BCUT2D eigenvalue weighted by molar-refractivity contribution is 0.0613. The van der Waals surface area contributed by atoms with Crippen LogP contribution in [0, 0.1) is 0 Å². The molecule has 0 aromatic carbocycles. The summed E-state index contributed by atoms with van der Waals surface area (Å²) in [4.78, 5) is 11.6. The predicted molar refractivity (Wildman–Crippen MR) is 75.5 cm³/mol. The third-order valence-electron chi connectivity index (χ3n) is 2.62. The zero-order valence-electron chi connectivity index (χ0n) is 11.5. The van der Waals surface area contributed by atoms with Crippen molar-refractivity contribution in [2.45, 2.75) is 39.8 Å². The summed E-state index contributed by atoms with van der Waals surface area (Å²) in [6, 6.07) is 0. The molecule has 0 radical (unpaired) electrons. The molecule has 0 spiro atoms. The first kappa shape index (κ1) is 14.5. The Labute approximate surface area is 108 Å². The first-order chi connectivity index (χ1) is 8.30. The van der Waals surface area contributed by atoms with E-state index in [-0.39, 0.29) is 5.78 Å². The Morgan fingerprint density at radius 3 is 2.56 bits per heavy atom. The van der Waals surface area contributed by atoms with Gasteiger partial charge in [0, 0.05) is 23.0 Å². The van der Waals surface area contributed by atoms with Crippen molar-refractivity contribution in [3.05, 3.63) is 35.7 Å². The summed E-state index contributed by atoms with van der Waals surface area (Å²) in [5.74, 6) is 0.0145. The number of hydrogen-bond acceptors (Lipinski definition) is 2. The summed E-state index contributed by atoms with van der Waals surface area (Å²) >= 11 is 0. The highest BCUT2D eigenvalue weighted by Crippen LogP contribution is 2.23. The Balaban J connectivity index is 3.40. The van der Waals surface area contributed by atoms with Crippen molar-refractivity contribution in [2.75, 3.05) is 0 Å². The average Bonchev–Trinajstić information content (AvgIpc) is 2.54. The van der Waals surface area contributed by atoms with E-state index < -0.39 is 5.60 Å². The van der Waals surface area contributed by atoms with Crippen LogP contribution in [0.4, 0.5) is 0 Å². The Bertz CT molecular complexity index is 487. The first-order valence-corrected chi connectivity index (χ1v) is 6.01. The maximum absolute atomic E-state index is 11.6. The number of hydrogen-bond donors (Lipinski definition) is 1. The molecule has 0 bridgehead atoms. The second-order valence-corrected chi connectivity index (χ2v) is 5.04. The minimum Gasteiger partial charge on any atom is -0.389 e. The largest absolute Gasteiger partial charge is 0.389 e. The molecule has 3 heteroatoms. The van der Waals surface area contributed by atoms with E-state index in [0.717, 1.165) is 11.3 Å². The van der Waals surface area contributed by atoms with Crippen LogP contribution < -0.4 is 0 Å². The van der Waals surface area contributed by atoms with Gasteiger partial charge in [-0.15, -0.1) is 0 Å². The van der Waals surface area contributed by atoms with Gasteiger partial charge in [-0.25, -0.2) is 0 Å². The van der Waals surface area contributed by atoms with E-state index in [4.69, 9.17) is 0 Å². The first-order valence-electron chi connectivity index (χ1n) is 6.01. The quantitative estimate of drug-likeness (QED) is 0.812. The Morgan fingerprint density at radius 2 is 2.17 bits per heavy atom. The molecular formula is C15H21NO2. The highest BCUT2D eigenvalue weighted by Gasteiger charge is 2.19. The van der Waals surface area contributed by atoms with Crippen molar-refractivity contribution in [1.82, 2.24) is 4.57 Å². The lowest BCUT2D eigenvalue weighted by atomic mass is 10.1. The fourth-order valence-corrected chi connectivity index (χ4v) is 1.98. The van der Waals surface area contributed by atoms with Gasteiger partial charge < -0.3 is 9.67 Å². The number of nitrogens with zero attached hydrogens (tertiary/aromatic N) is 1. The third-order valence-corrected chi connectivity index (χ3v) is 2.62. The number of carbonyl (C=O) groups excluding carboxylic acids is 1. The summed E-state index contributed by atoms with van der Waals surface area (Å²) in [5.41, 5.74) is 1.55. The minimum absolute atomic E-state index is 0.0145. The average molecular weight is 247 g/mol. The van der Waals surface area contributed by atoms with E-state index in [0.29, 0.717) is 12.1 Å². The lowest BCUT2D eigenvalue weighted by Crippen LogP contribution is -2.26. The molecule has 1 rings (SSSR count). The van der Waals surface area contributed by atoms with Crippen LogP contribution in [0.3, 0.4) is 0 Å². The zero-order valence-corrected chi connectivity index (χ0v) is 11.5. The molecule has 1 heterocycles. The second kappa shape index (κ2) is 5.36. The van der Waals surface area contributed by atoms with Gasteiger partial charge in [0.1, 0.15) is 0 Å². The van der Waals surface area contributed by atoms with Crippen molar-refractivity contribution in [2.24, 2.45) is 0 Å². The molecule has 3 nitrogen and oxygen atoms in total. The molecule has 0 fully saturated rings. The van der Waals surface area contributed by atoms with Crippen molar-refractivity contribution < 1.29 is 9.90 Å². The molecule has 0 aliphatic carbocycles. The maximum Gasteiger partial charge on any atom is 0.161 e. The zero-order chi connectivity index (χ0) is 13.9. The molecule has 0 amide bonds. The summed E-state index contributed by atoms with van der Waals surface area (Å²) < 4.78 is 1.87. The summed E-state index contributed by atoms with van der Waals surface area (Å²) in [5, 5.41) is 9.90. The Kier molecular flexibility index (Phi) is 4.30. The molecule has 0 aliphatic heterocycles. The number of ketones is 1. The molecule has 1 aromatic rings. The van der Waals surface area contributed by atoms with Gasteiger partial charge in [-0.2, -0.15) is 0 Å². The lowest BCUT2D eigenvalue weighted by Gasteiger charge is -2.19. The fourth-order valence-electron chi connectivity index (χ4n) is 1.98. The highest BCUT2D eigenvalue weighted by molar-refractivity contribution is 5.99. The summed E-state index contributed by atoms with van der Waals surface area (Å²) in [6.07, 6.45) is 7.29. The number of aliphatic hydroxyl groups is 1. The van der Waals surface area contributed by atoms with E-state index in [1.165, 1.54) is 0 Å². The smallest absolute Gasteiger partial charge is 0.161 e. The van der Waals surface area contributed by atoms with Gasteiger partial charge >= 0.3 is 0 Å². The van der Waals surface area contributed by atoms with Crippen molar-refractivity contribution >= 4 is 17.9 Å². The number of rotatable bonds is 5.